The van der Waals surface area contributed by atoms with Crippen LogP contribution in [0.25, 0.3) is 5.70 Å². The third-order valence-electron chi connectivity index (χ3n) is 5.40. The summed E-state index contributed by atoms with van der Waals surface area (Å²) in [7, 11) is 1.74. The molecule has 3 unspecified atom stereocenters. The highest BCUT2D eigenvalue weighted by Crippen LogP contribution is 2.26. The van der Waals surface area contributed by atoms with E-state index >= 15 is 0 Å². The number of aldehydes is 1. The lowest BCUT2D eigenvalue weighted by Crippen LogP contribution is -2.58. The fraction of sp³-hybridized carbons (Fsp3) is 0.261. The minimum absolute atomic E-state index is 0.217. The Hall–Kier alpha value is -4.28. The average molecular weight is 465 g/mol. The highest BCUT2D eigenvalue weighted by atomic mass is 19.1. The van der Waals surface area contributed by atoms with E-state index in [1.165, 1.54) is 6.20 Å². The first kappa shape index (κ1) is 22.9. The van der Waals surface area contributed by atoms with Crippen LogP contribution in [0.4, 0.5) is 4.39 Å². The van der Waals surface area contributed by atoms with Gasteiger partial charge in [0.25, 0.3) is 0 Å². The van der Waals surface area contributed by atoms with E-state index in [0.29, 0.717) is 47.0 Å². The molecular formula is C23H24FN7O3. The molecule has 10 nitrogen and oxygen atoms in total. The Morgan fingerprint density at radius 1 is 1.35 bits per heavy atom. The van der Waals surface area contributed by atoms with Gasteiger partial charge in [-0.15, -0.1) is 0 Å². The standard InChI is InChI=1S/C23H24FN7O3/c1-25-19-10-21(30-31-20(11-27-22(19)31)23(34)29-18-9-16(18)24)28-17(6-3-7-26-13-33)15-5-2-4-14(8-15)12-32/h2-8,10,12-13,16,18,20,25H,9,11H2,1H3,(H,26,33)(H,28,30)(H,29,34)/b7-3-,17-6+. The zero-order valence-electron chi connectivity index (χ0n) is 18.4. The Labute approximate surface area is 195 Å². The highest BCUT2D eigenvalue weighted by Gasteiger charge is 2.43. The molecule has 3 aliphatic rings. The zero-order valence-corrected chi connectivity index (χ0v) is 18.4. The number of carbonyl (C=O) groups excluding carboxylic acids is 3. The van der Waals surface area contributed by atoms with E-state index < -0.39 is 18.3 Å². The topological polar surface area (TPSA) is 127 Å². The summed E-state index contributed by atoms with van der Waals surface area (Å²) in [5.74, 6) is 0.653. The second kappa shape index (κ2) is 10.1. The van der Waals surface area contributed by atoms with Gasteiger partial charge in [0.05, 0.1) is 24.0 Å². The normalized spacial score (nSPS) is 24.6. The van der Waals surface area contributed by atoms with Gasteiger partial charge in [-0.2, -0.15) is 0 Å². The summed E-state index contributed by atoms with van der Waals surface area (Å²) in [5, 5.41) is 9.81. The van der Waals surface area contributed by atoms with Crippen molar-refractivity contribution in [3.8, 4) is 0 Å². The van der Waals surface area contributed by atoms with E-state index in [0.717, 1.165) is 6.29 Å². The van der Waals surface area contributed by atoms with Crippen LogP contribution in [0, 0.1) is 0 Å². The molecule has 0 bridgehead atoms. The van der Waals surface area contributed by atoms with E-state index in [2.05, 4.69) is 26.4 Å². The van der Waals surface area contributed by atoms with Crippen molar-refractivity contribution in [3.05, 3.63) is 65.5 Å². The van der Waals surface area contributed by atoms with Gasteiger partial charge in [0.2, 0.25) is 12.3 Å². The van der Waals surface area contributed by atoms with Gasteiger partial charge in [0, 0.05) is 36.9 Å². The second-order valence-corrected chi connectivity index (χ2v) is 7.77. The number of benzene rings is 1. The van der Waals surface area contributed by atoms with Crippen molar-refractivity contribution in [2.45, 2.75) is 24.7 Å². The van der Waals surface area contributed by atoms with Crippen molar-refractivity contribution in [1.29, 1.82) is 0 Å². The molecule has 1 saturated carbocycles. The molecule has 4 rings (SSSR count). The summed E-state index contributed by atoms with van der Waals surface area (Å²) in [4.78, 5) is 43.6. The predicted octanol–water partition coefficient (Wildman–Crippen LogP) is 0.429. The first-order valence-corrected chi connectivity index (χ1v) is 10.7. The number of nitrogens with zero attached hydrogens (tertiary/aromatic N) is 3. The van der Waals surface area contributed by atoms with E-state index in [9.17, 15) is 18.8 Å². The Bertz CT molecular complexity index is 1140. The van der Waals surface area contributed by atoms with E-state index in [4.69, 9.17) is 4.99 Å². The molecule has 1 aromatic rings. The monoisotopic (exact) mass is 465 g/mol. The largest absolute Gasteiger partial charge is 0.385 e. The molecule has 1 fully saturated rings. The van der Waals surface area contributed by atoms with Crippen molar-refractivity contribution >= 4 is 36.0 Å². The third-order valence-corrected chi connectivity index (χ3v) is 5.40. The van der Waals surface area contributed by atoms with E-state index in [1.54, 1.807) is 54.6 Å². The maximum atomic E-state index is 13.3. The Kier molecular flexibility index (Phi) is 6.81. The van der Waals surface area contributed by atoms with E-state index in [-0.39, 0.29) is 12.5 Å². The van der Waals surface area contributed by atoms with Crippen molar-refractivity contribution in [3.63, 3.8) is 0 Å². The van der Waals surface area contributed by atoms with Crippen LogP contribution >= 0.6 is 0 Å². The van der Waals surface area contributed by atoms with Gasteiger partial charge in [0.15, 0.2) is 5.84 Å². The summed E-state index contributed by atoms with van der Waals surface area (Å²) in [6, 6.07) is 5.81. The lowest BCUT2D eigenvalue weighted by atomic mass is 10.1. The number of hydrazine groups is 1. The van der Waals surface area contributed by atoms with Gasteiger partial charge in [-0.3, -0.25) is 29.8 Å². The van der Waals surface area contributed by atoms with Crippen molar-refractivity contribution in [1.82, 2.24) is 26.4 Å². The zero-order chi connectivity index (χ0) is 24.1. The summed E-state index contributed by atoms with van der Waals surface area (Å²) in [6.45, 7) is 0.217. The van der Waals surface area contributed by atoms with Crippen LogP contribution in [0.2, 0.25) is 0 Å². The second-order valence-electron chi connectivity index (χ2n) is 7.77. The maximum Gasteiger partial charge on any atom is 0.247 e. The van der Waals surface area contributed by atoms with Gasteiger partial charge in [-0.25, -0.2) is 9.38 Å². The van der Waals surface area contributed by atoms with Crippen LogP contribution in [0.3, 0.4) is 0 Å². The Morgan fingerprint density at radius 3 is 2.88 bits per heavy atom. The lowest BCUT2D eigenvalue weighted by molar-refractivity contribution is -0.125. The van der Waals surface area contributed by atoms with Gasteiger partial charge < -0.3 is 16.0 Å². The molecule has 2 aliphatic heterocycles. The lowest BCUT2D eigenvalue weighted by Gasteiger charge is -2.32. The molecule has 2 heterocycles. The SMILES string of the molecule is CNC1=CC(=N/C(=C/C=C\NC=O)c2cccc(C=O)c2)NN2C1=NCC2C(=O)NC1CC1F. The number of fused-ring (bicyclic) bond motifs is 1. The number of amides is 2. The Morgan fingerprint density at radius 2 is 2.18 bits per heavy atom. The number of hydrogen-bond donors (Lipinski definition) is 4. The number of rotatable bonds is 9. The molecule has 176 valence electrons. The molecule has 0 spiro atoms. The summed E-state index contributed by atoms with van der Waals surface area (Å²) >= 11 is 0. The van der Waals surface area contributed by atoms with Crippen LogP contribution < -0.4 is 21.4 Å². The number of halogens is 1. The molecule has 4 N–H and O–H groups in total. The molecule has 1 aliphatic carbocycles. The number of amidine groups is 2. The summed E-state index contributed by atoms with van der Waals surface area (Å²) in [5.41, 5.74) is 5.43. The van der Waals surface area contributed by atoms with Crippen LogP contribution in [-0.2, 0) is 9.59 Å². The third kappa shape index (κ3) is 5.03. The number of carbonyl (C=O) groups is 3. The first-order chi connectivity index (χ1) is 16.5. The minimum Gasteiger partial charge on any atom is -0.385 e. The van der Waals surface area contributed by atoms with Gasteiger partial charge in [-0.1, -0.05) is 18.2 Å². The molecule has 11 heteroatoms. The number of nitrogens with one attached hydrogen (secondary N) is 4. The number of allylic oxidation sites excluding steroid dienone is 2. The maximum absolute atomic E-state index is 13.3. The number of hydrogen-bond acceptors (Lipinski definition) is 7. The molecule has 0 saturated heterocycles. The smallest absolute Gasteiger partial charge is 0.247 e. The summed E-state index contributed by atoms with van der Waals surface area (Å²) < 4.78 is 13.3. The quantitative estimate of drug-likeness (QED) is 0.309. The highest BCUT2D eigenvalue weighted by molar-refractivity contribution is 6.12. The van der Waals surface area contributed by atoms with Gasteiger partial charge >= 0.3 is 0 Å². The van der Waals surface area contributed by atoms with Crippen molar-refractivity contribution in [2.75, 3.05) is 13.6 Å². The van der Waals surface area contributed by atoms with Crippen molar-refractivity contribution < 1.29 is 18.8 Å². The number of likely N-dealkylation sites (N-methyl/N-ethyl adjacent to an activating group) is 1. The molecule has 0 aromatic heterocycles. The number of alkyl halides is 1. The van der Waals surface area contributed by atoms with Crippen LogP contribution in [0.15, 0.2) is 64.4 Å². The fourth-order valence-corrected chi connectivity index (χ4v) is 3.55. The van der Waals surface area contributed by atoms with Gasteiger partial charge in [-0.05, 0) is 18.2 Å². The first-order valence-electron chi connectivity index (χ1n) is 10.7. The van der Waals surface area contributed by atoms with E-state index in [1.807, 2.05) is 0 Å². The molecule has 2 amide bonds. The predicted molar refractivity (Wildman–Crippen MR) is 125 cm³/mol. The molecule has 3 atom stereocenters. The Balaban J connectivity index is 1.64. The fourth-order valence-electron chi connectivity index (χ4n) is 3.55. The molecule has 0 radical (unpaired) electrons. The molecular weight excluding hydrogens is 441 g/mol. The van der Waals surface area contributed by atoms with Crippen LogP contribution in [-0.4, -0.2) is 67.1 Å². The van der Waals surface area contributed by atoms with Crippen LogP contribution in [0.1, 0.15) is 22.3 Å². The molecule has 1 aromatic carbocycles. The summed E-state index contributed by atoms with van der Waals surface area (Å²) in [6.07, 6.45) is 7.09. The van der Waals surface area contributed by atoms with Gasteiger partial charge in [0.1, 0.15) is 24.3 Å². The molecule has 34 heavy (non-hydrogen) atoms. The minimum atomic E-state index is -0.999. The van der Waals surface area contributed by atoms with Crippen molar-refractivity contribution in [2.24, 2.45) is 9.98 Å². The average Bonchev–Trinajstić information content (AvgIpc) is 3.37. The number of aliphatic imine (C=N–C) groups is 2. The van der Waals surface area contributed by atoms with Crippen LogP contribution in [0.5, 0.6) is 0 Å².